The van der Waals surface area contributed by atoms with Gasteiger partial charge in [-0.2, -0.15) is 0 Å². The van der Waals surface area contributed by atoms with Gasteiger partial charge in [-0.25, -0.2) is 0 Å². The maximum atomic E-state index is 6.53. The zero-order chi connectivity index (χ0) is 30.7. The first kappa shape index (κ1) is 31.4. The monoisotopic (exact) mass is 591 g/mol. The summed E-state index contributed by atoms with van der Waals surface area (Å²) in [5, 5.41) is 0. The van der Waals surface area contributed by atoms with Crippen molar-refractivity contribution < 1.29 is 18.6 Å². The first-order chi connectivity index (χ1) is 21.7. The van der Waals surface area contributed by atoms with E-state index in [-0.39, 0.29) is 0 Å². The highest BCUT2D eigenvalue weighted by Crippen LogP contribution is 2.37. The molecular formula is C40H47O4+. The van der Waals surface area contributed by atoms with Gasteiger partial charge >= 0.3 is 5.78 Å². The lowest BCUT2D eigenvalue weighted by Crippen LogP contribution is -2.17. The Morgan fingerprint density at radius 1 is 0.568 bits per heavy atom. The van der Waals surface area contributed by atoms with E-state index in [0.29, 0.717) is 39.3 Å². The molecule has 2 aliphatic rings. The molecule has 3 aromatic carbocycles. The molecule has 8 bridgehead atoms. The molecule has 4 heteroatoms. The molecule has 230 valence electrons. The molecule has 0 atom stereocenters. The van der Waals surface area contributed by atoms with Crippen LogP contribution in [-0.4, -0.2) is 32.2 Å². The number of fused-ring (bicyclic) bond motifs is 8. The van der Waals surface area contributed by atoms with Crippen molar-refractivity contribution in [1.29, 1.82) is 0 Å². The lowest BCUT2D eigenvalue weighted by molar-refractivity contribution is -0.456. The van der Waals surface area contributed by atoms with E-state index in [1.807, 2.05) is 6.08 Å². The molecule has 5 rings (SSSR count). The molecule has 0 saturated heterocycles. The molecule has 0 aliphatic heterocycles. The Morgan fingerprint density at radius 3 is 1.43 bits per heavy atom. The summed E-state index contributed by atoms with van der Waals surface area (Å²) in [7, 11) is 0. The van der Waals surface area contributed by atoms with Crippen molar-refractivity contribution in [2.24, 2.45) is 0 Å². The smallest absolute Gasteiger partial charge is 0.358 e. The average Bonchev–Trinajstić information content (AvgIpc) is 3.03. The quantitative estimate of drug-likeness (QED) is 0.165. The number of para-hydroxylation sites is 3. The summed E-state index contributed by atoms with van der Waals surface area (Å²) < 4.78 is 26.1. The summed E-state index contributed by atoms with van der Waals surface area (Å²) in [6.07, 6.45) is 10.8. The highest BCUT2D eigenvalue weighted by Gasteiger charge is 2.29. The molecule has 0 unspecified atom stereocenters. The Hall–Kier alpha value is -4.01. The maximum Gasteiger partial charge on any atom is 0.358 e. The van der Waals surface area contributed by atoms with E-state index in [0.717, 1.165) is 78.3 Å². The van der Waals surface area contributed by atoms with E-state index in [4.69, 9.17) is 18.6 Å². The summed E-state index contributed by atoms with van der Waals surface area (Å²) in [6, 6.07) is 19.7. The second-order valence-corrected chi connectivity index (χ2v) is 11.6. The minimum Gasteiger partial charge on any atom is -0.493 e. The number of ether oxygens (including phenoxy) is 3. The van der Waals surface area contributed by atoms with Gasteiger partial charge < -0.3 is 14.2 Å². The third kappa shape index (κ3) is 7.37. The van der Waals surface area contributed by atoms with Crippen LogP contribution in [0.5, 0.6) is 17.2 Å². The maximum absolute atomic E-state index is 6.53. The Bertz CT molecular complexity index is 1570. The SMILES string of the molecule is CCCOc1c2cccc1Cc1cccc(c1OCCC)Cc1cccc(c1OCCC)CC1=CC=C=C(C2)C1=[O+]CCC. The summed E-state index contributed by atoms with van der Waals surface area (Å²) in [5.74, 6) is 3.85. The molecule has 0 aromatic heterocycles. The van der Waals surface area contributed by atoms with Crippen molar-refractivity contribution in [2.75, 3.05) is 26.4 Å². The lowest BCUT2D eigenvalue weighted by atomic mass is 9.88. The average molecular weight is 592 g/mol. The minimum absolute atomic E-state index is 0.658. The van der Waals surface area contributed by atoms with Crippen LogP contribution in [0.1, 0.15) is 86.8 Å². The van der Waals surface area contributed by atoms with Crippen LogP contribution in [0.3, 0.4) is 0 Å². The Labute approximate surface area is 263 Å². The van der Waals surface area contributed by atoms with E-state index >= 15 is 0 Å². The zero-order valence-electron chi connectivity index (χ0n) is 27.0. The van der Waals surface area contributed by atoms with Gasteiger partial charge in [0, 0.05) is 32.1 Å². The van der Waals surface area contributed by atoms with E-state index in [2.05, 4.69) is 94.1 Å². The van der Waals surface area contributed by atoms with Crippen molar-refractivity contribution in [2.45, 2.75) is 79.1 Å². The molecule has 3 aromatic rings. The van der Waals surface area contributed by atoms with Gasteiger partial charge in [-0.05, 0) is 64.8 Å². The minimum atomic E-state index is 0.658. The van der Waals surface area contributed by atoms with Crippen molar-refractivity contribution >= 4 is 5.78 Å². The molecule has 0 heterocycles. The molecule has 44 heavy (non-hydrogen) atoms. The first-order valence-electron chi connectivity index (χ1n) is 16.5. The van der Waals surface area contributed by atoms with Gasteiger partial charge in [0.25, 0.3) is 6.61 Å². The number of rotatable bonds is 11. The predicted molar refractivity (Wildman–Crippen MR) is 180 cm³/mol. The largest absolute Gasteiger partial charge is 0.493 e. The molecule has 0 amide bonds. The molecule has 0 radical (unpaired) electrons. The van der Waals surface area contributed by atoms with Gasteiger partial charge in [-0.3, -0.25) is 4.42 Å². The molecule has 0 fully saturated rings. The Balaban J connectivity index is 1.72. The van der Waals surface area contributed by atoms with Crippen molar-refractivity contribution in [3.8, 4) is 17.2 Å². The molecule has 0 saturated carbocycles. The third-order valence-electron chi connectivity index (χ3n) is 7.95. The fraction of sp³-hybridized carbons (Fsp3) is 0.400. The highest BCUT2D eigenvalue weighted by molar-refractivity contribution is 6.10. The second-order valence-electron chi connectivity index (χ2n) is 11.6. The van der Waals surface area contributed by atoms with Gasteiger partial charge in [0.2, 0.25) is 0 Å². The number of hydrogen-bond acceptors (Lipinski definition) is 3. The van der Waals surface area contributed by atoms with Crippen molar-refractivity contribution in [3.05, 3.63) is 117 Å². The summed E-state index contributed by atoms with van der Waals surface area (Å²) >= 11 is 0. The van der Waals surface area contributed by atoms with Crippen LogP contribution >= 0.6 is 0 Å². The number of hydrogen-bond donors (Lipinski definition) is 0. The van der Waals surface area contributed by atoms with Crippen LogP contribution < -0.4 is 14.2 Å². The number of carbonyl (C=O) groups excluding carboxylic acids is 1. The van der Waals surface area contributed by atoms with Crippen LogP contribution in [0, 0.1) is 0 Å². The van der Waals surface area contributed by atoms with Gasteiger partial charge in [0.1, 0.15) is 22.8 Å². The first-order valence-corrected chi connectivity index (χ1v) is 16.5. The zero-order valence-corrected chi connectivity index (χ0v) is 27.0. The lowest BCUT2D eigenvalue weighted by Gasteiger charge is -2.21. The highest BCUT2D eigenvalue weighted by atomic mass is 16.5. The summed E-state index contributed by atoms with van der Waals surface area (Å²) in [6.45, 7) is 11.3. The molecule has 2 aliphatic carbocycles. The van der Waals surface area contributed by atoms with E-state index in [9.17, 15) is 0 Å². The molecule has 0 N–H and O–H groups in total. The van der Waals surface area contributed by atoms with Crippen LogP contribution in [0.25, 0.3) is 0 Å². The van der Waals surface area contributed by atoms with Crippen LogP contribution in [0.4, 0.5) is 0 Å². The van der Waals surface area contributed by atoms with Gasteiger partial charge in [-0.1, -0.05) is 82.3 Å². The van der Waals surface area contributed by atoms with Gasteiger partial charge in [0.05, 0.1) is 25.4 Å². The normalized spacial score (nSPS) is 15.0. The number of allylic oxidation sites excluding steroid dienone is 3. The fourth-order valence-corrected chi connectivity index (χ4v) is 5.96. The number of ketones is 1. The Morgan fingerprint density at radius 2 is 1.00 bits per heavy atom. The van der Waals surface area contributed by atoms with Crippen LogP contribution in [0.2, 0.25) is 0 Å². The third-order valence-corrected chi connectivity index (χ3v) is 7.95. The van der Waals surface area contributed by atoms with Crippen molar-refractivity contribution in [3.63, 3.8) is 0 Å². The van der Waals surface area contributed by atoms with Gasteiger partial charge in [0.15, 0.2) is 0 Å². The van der Waals surface area contributed by atoms with Gasteiger partial charge in [-0.15, -0.1) is 5.73 Å². The van der Waals surface area contributed by atoms with Crippen molar-refractivity contribution in [1.82, 2.24) is 0 Å². The Kier molecular flexibility index (Phi) is 11.2. The van der Waals surface area contributed by atoms with E-state index in [1.165, 1.54) is 27.8 Å². The van der Waals surface area contributed by atoms with Crippen LogP contribution in [0.15, 0.2) is 83.6 Å². The fourth-order valence-electron chi connectivity index (χ4n) is 5.96. The molecule has 4 nitrogen and oxygen atoms in total. The molecule has 0 spiro atoms. The number of benzene rings is 3. The van der Waals surface area contributed by atoms with E-state index < -0.39 is 0 Å². The standard InChI is InChI=1S/C40H47O4/c1-5-21-41-37-29-13-9-14-30(37)26-32-16-11-18-34(39(32)43-23-7-3)28-36-20-12-19-35(40(36)44-24-8-4)27-33-17-10-15-31(25-29)38(33)42-22-6-2/h9-19H,5-8,21-28H2,1-4H3/q+1. The second kappa shape index (κ2) is 15.6. The predicted octanol–water partition coefficient (Wildman–Crippen LogP) is 8.87. The topological polar surface area (TPSA) is 39.0 Å². The van der Waals surface area contributed by atoms with Crippen LogP contribution in [-0.2, 0) is 30.1 Å². The van der Waals surface area contributed by atoms with E-state index in [1.54, 1.807) is 0 Å². The molecular weight excluding hydrogens is 544 g/mol. The summed E-state index contributed by atoms with van der Waals surface area (Å²) in [5.41, 5.74) is 12.8. The summed E-state index contributed by atoms with van der Waals surface area (Å²) in [4.78, 5) is 0.